The molecule has 1 aliphatic rings. The highest BCUT2D eigenvalue weighted by molar-refractivity contribution is 6.29. The number of pyridine rings is 1. The first-order valence-corrected chi connectivity index (χ1v) is 7.84. The number of aryl methyl sites for hydroxylation is 3. The summed E-state index contributed by atoms with van der Waals surface area (Å²) in [6, 6.07) is 3.54. The van der Waals surface area contributed by atoms with Crippen LogP contribution in [0.1, 0.15) is 46.2 Å². The van der Waals surface area contributed by atoms with E-state index in [9.17, 15) is 4.79 Å². The molecule has 2 heterocycles. The van der Waals surface area contributed by atoms with Gasteiger partial charge in [0.2, 0.25) is 5.88 Å². The normalized spacial score (nSPS) is 20.3. The lowest BCUT2D eigenvalue weighted by molar-refractivity contribution is 0.0868. The van der Waals surface area contributed by atoms with Gasteiger partial charge >= 0.3 is 0 Å². The average Bonchev–Trinajstić information content (AvgIpc) is 2.50. The van der Waals surface area contributed by atoms with Crippen LogP contribution in [0.2, 0.25) is 5.15 Å². The van der Waals surface area contributed by atoms with Crippen LogP contribution in [0.15, 0.2) is 12.1 Å². The summed E-state index contributed by atoms with van der Waals surface area (Å²) in [5.41, 5.74) is 3.18. The summed E-state index contributed by atoms with van der Waals surface area (Å²) >= 11 is 6.02. The number of aromatic nitrogens is 3. The molecule has 0 fully saturated rings. The first kappa shape index (κ1) is 15.9. The highest BCUT2D eigenvalue weighted by Gasteiger charge is 2.43. The third kappa shape index (κ3) is 2.49. The lowest BCUT2D eigenvalue weighted by atomic mass is 9.69. The van der Waals surface area contributed by atoms with Crippen molar-refractivity contribution in [3.05, 3.63) is 45.4 Å². The van der Waals surface area contributed by atoms with Crippen LogP contribution >= 0.6 is 11.6 Å². The fourth-order valence-electron chi connectivity index (χ4n) is 3.28. The van der Waals surface area contributed by atoms with Crippen molar-refractivity contribution in [2.24, 2.45) is 0 Å². The van der Waals surface area contributed by atoms with Crippen molar-refractivity contribution in [1.82, 2.24) is 15.2 Å². The van der Waals surface area contributed by atoms with Crippen molar-refractivity contribution in [1.29, 1.82) is 0 Å². The van der Waals surface area contributed by atoms with E-state index in [-0.39, 0.29) is 5.78 Å². The second-order valence-electron chi connectivity index (χ2n) is 6.16. The van der Waals surface area contributed by atoms with Crippen LogP contribution in [0.3, 0.4) is 0 Å². The van der Waals surface area contributed by atoms with Gasteiger partial charge in [-0.25, -0.2) is 4.98 Å². The van der Waals surface area contributed by atoms with E-state index in [0.717, 1.165) is 16.8 Å². The number of hydrogen-bond acceptors (Lipinski definition) is 5. The molecule has 0 bridgehead atoms. The Labute approximate surface area is 140 Å². The molecule has 6 heteroatoms. The third-order valence-electron chi connectivity index (χ3n) is 4.54. The lowest BCUT2D eigenvalue weighted by Gasteiger charge is -2.33. The number of ketones is 1. The lowest BCUT2D eigenvalue weighted by Crippen LogP contribution is -2.40. The molecular weight excluding hydrogens is 314 g/mol. The molecule has 2 aromatic rings. The van der Waals surface area contributed by atoms with Crippen molar-refractivity contribution in [3.63, 3.8) is 0 Å². The third-order valence-corrected chi connectivity index (χ3v) is 4.74. The smallest absolute Gasteiger partial charge is 0.233 e. The Balaban J connectivity index is 2.12. The molecule has 0 N–H and O–H groups in total. The Hall–Kier alpha value is -2.01. The van der Waals surface area contributed by atoms with Crippen LogP contribution < -0.4 is 4.74 Å². The van der Waals surface area contributed by atoms with Crippen LogP contribution in [-0.2, 0) is 11.8 Å². The summed E-state index contributed by atoms with van der Waals surface area (Å²) in [4.78, 5) is 17.5. The van der Waals surface area contributed by atoms with Crippen molar-refractivity contribution in [2.75, 3.05) is 7.11 Å². The number of carbonyl (C=O) groups excluding carboxylic acids is 1. The maximum atomic E-state index is 13.2. The minimum atomic E-state index is -0.712. The van der Waals surface area contributed by atoms with E-state index in [2.05, 4.69) is 15.2 Å². The highest BCUT2D eigenvalue weighted by atomic mass is 35.5. The van der Waals surface area contributed by atoms with E-state index >= 15 is 0 Å². The summed E-state index contributed by atoms with van der Waals surface area (Å²) in [6.45, 7) is 5.74. The van der Waals surface area contributed by atoms with E-state index in [1.54, 1.807) is 13.2 Å². The van der Waals surface area contributed by atoms with E-state index in [1.807, 2.05) is 26.8 Å². The fourth-order valence-corrected chi connectivity index (χ4v) is 3.54. The van der Waals surface area contributed by atoms with Crippen molar-refractivity contribution in [2.45, 2.75) is 39.0 Å². The number of carbonyl (C=O) groups is 1. The molecule has 0 spiro atoms. The molecule has 0 saturated heterocycles. The number of ether oxygens (including phenoxy) is 1. The van der Waals surface area contributed by atoms with Gasteiger partial charge in [0.15, 0.2) is 5.78 Å². The van der Waals surface area contributed by atoms with Gasteiger partial charge < -0.3 is 4.74 Å². The summed E-state index contributed by atoms with van der Waals surface area (Å²) < 4.78 is 5.10. The van der Waals surface area contributed by atoms with Gasteiger partial charge in [0, 0.05) is 11.6 Å². The second-order valence-corrected chi connectivity index (χ2v) is 6.55. The first-order valence-electron chi connectivity index (χ1n) is 7.46. The predicted octanol–water partition coefficient (Wildman–Crippen LogP) is 3.24. The molecular formula is C17H18ClN3O2. The topological polar surface area (TPSA) is 65.0 Å². The van der Waals surface area contributed by atoms with Crippen molar-refractivity contribution >= 4 is 17.4 Å². The summed E-state index contributed by atoms with van der Waals surface area (Å²) in [5, 5.41) is 8.75. The molecule has 1 aliphatic carbocycles. The zero-order valence-corrected chi connectivity index (χ0v) is 14.4. The molecule has 120 valence electrons. The standard InChI is InChI=1S/C17H18ClN3O2/c1-9-7-12(18)19-11-5-6-17(3,16(22)14(9)11)15-10(2)8-13(23-4)20-21-15/h7-8H,5-6H2,1-4H3. The average molecular weight is 332 g/mol. The number of methoxy groups -OCH3 is 1. The van der Waals surface area contributed by atoms with Crippen LogP contribution in [0.25, 0.3) is 0 Å². The molecule has 3 rings (SSSR count). The minimum Gasteiger partial charge on any atom is -0.480 e. The summed E-state index contributed by atoms with van der Waals surface area (Å²) in [7, 11) is 1.55. The molecule has 5 nitrogen and oxygen atoms in total. The Morgan fingerprint density at radius 2 is 1.96 bits per heavy atom. The molecule has 0 saturated carbocycles. The maximum Gasteiger partial charge on any atom is 0.233 e. The van der Waals surface area contributed by atoms with Crippen LogP contribution in [0, 0.1) is 13.8 Å². The van der Waals surface area contributed by atoms with Crippen molar-refractivity contribution < 1.29 is 9.53 Å². The molecule has 0 amide bonds. The van der Waals surface area contributed by atoms with E-state index in [1.165, 1.54) is 0 Å². The highest BCUT2D eigenvalue weighted by Crippen LogP contribution is 2.39. The largest absolute Gasteiger partial charge is 0.480 e. The molecule has 0 aromatic carbocycles. The van der Waals surface area contributed by atoms with E-state index in [4.69, 9.17) is 16.3 Å². The van der Waals surface area contributed by atoms with Crippen LogP contribution in [0.4, 0.5) is 0 Å². The van der Waals surface area contributed by atoms with Gasteiger partial charge in [-0.1, -0.05) is 11.6 Å². The Bertz CT molecular complexity index is 807. The molecule has 1 unspecified atom stereocenters. The predicted molar refractivity (Wildman–Crippen MR) is 87.3 cm³/mol. The molecule has 23 heavy (non-hydrogen) atoms. The van der Waals surface area contributed by atoms with Gasteiger partial charge in [0.05, 0.1) is 23.9 Å². The van der Waals surface area contributed by atoms with Gasteiger partial charge in [0.25, 0.3) is 0 Å². The zero-order chi connectivity index (χ0) is 16.8. The number of halogens is 1. The Morgan fingerprint density at radius 1 is 1.22 bits per heavy atom. The number of fused-ring (bicyclic) bond motifs is 1. The van der Waals surface area contributed by atoms with Gasteiger partial charge in [-0.15, -0.1) is 5.10 Å². The van der Waals surface area contributed by atoms with E-state index in [0.29, 0.717) is 35.1 Å². The minimum absolute atomic E-state index is 0.0305. The molecule has 0 aliphatic heterocycles. The zero-order valence-electron chi connectivity index (χ0n) is 13.6. The quantitative estimate of drug-likeness (QED) is 0.790. The summed E-state index contributed by atoms with van der Waals surface area (Å²) in [6.07, 6.45) is 1.32. The summed E-state index contributed by atoms with van der Waals surface area (Å²) in [5.74, 6) is 0.478. The second kappa shape index (κ2) is 5.57. The Morgan fingerprint density at radius 3 is 2.61 bits per heavy atom. The molecule has 0 radical (unpaired) electrons. The molecule has 2 aromatic heterocycles. The van der Waals surface area contributed by atoms with Gasteiger partial charge in [-0.2, -0.15) is 5.10 Å². The number of hydrogen-bond donors (Lipinski definition) is 0. The maximum absolute atomic E-state index is 13.2. The SMILES string of the molecule is COc1cc(C)c(C2(C)CCc3nc(Cl)cc(C)c3C2=O)nn1. The fraction of sp³-hybridized carbons (Fsp3) is 0.412. The van der Waals surface area contributed by atoms with Crippen LogP contribution in [0.5, 0.6) is 5.88 Å². The number of Topliss-reactive ketones (excluding diaryl/α,β-unsaturated/α-hetero) is 1. The monoisotopic (exact) mass is 331 g/mol. The van der Waals surface area contributed by atoms with E-state index < -0.39 is 5.41 Å². The van der Waals surface area contributed by atoms with Crippen molar-refractivity contribution in [3.8, 4) is 5.88 Å². The number of nitrogens with zero attached hydrogens (tertiary/aromatic N) is 3. The van der Waals surface area contributed by atoms with Gasteiger partial charge in [-0.3, -0.25) is 4.79 Å². The number of rotatable bonds is 2. The van der Waals surface area contributed by atoms with Gasteiger partial charge in [0.1, 0.15) is 5.15 Å². The van der Waals surface area contributed by atoms with Gasteiger partial charge in [-0.05, 0) is 50.8 Å². The Kier molecular flexibility index (Phi) is 3.84. The molecule has 1 atom stereocenters. The van der Waals surface area contributed by atoms with Crippen LogP contribution in [-0.4, -0.2) is 28.1 Å². The first-order chi connectivity index (χ1) is 10.9.